The SMILES string of the molecule is N#Cc1cccc(-c2ccc(-n3c4ccccc4c4ccc5c(c6ccccc6n5-c5ccccc5)c43)c(-c3nc(C45CCCC(CCC4)C5)nc(C45CC6CC(CC(C6)C4)C5)n3)c2)c1. The summed E-state index contributed by atoms with van der Waals surface area (Å²) in [5.41, 5.74) is 10.7. The molecular formula is C59H52N6. The highest BCUT2D eigenvalue weighted by Gasteiger charge is 2.54. The van der Waals surface area contributed by atoms with E-state index >= 15 is 0 Å². The Kier molecular flexibility index (Phi) is 8.25. The van der Waals surface area contributed by atoms with Crippen molar-refractivity contribution in [3.63, 3.8) is 0 Å². The highest BCUT2D eigenvalue weighted by Crippen LogP contribution is 2.61. The summed E-state index contributed by atoms with van der Waals surface area (Å²) in [6.07, 6.45) is 16.5. The Morgan fingerprint density at radius 2 is 1.17 bits per heavy atom. The summed E-state index contributed by atoms with van der Waals surface area (Å²) >= 11 is 0. The molecule has 0 atom stereocenters. The zero-order chi connectivity index (χ0) is 42.9. The number of nitrogens with zero attached hydrogens (tertiary/aromatic N) is 6. The second-order valence-electron chi connectivity index (χ2n) is 21.0. The van der Waals surface area contributed by atoms with Gasteiger partial charge in [-0.15, -0.1) is 0 Å². The van der Waals surface area contributed by atoms with E-state index < -0.39 is 0 Å². The lowest BCUT2D eigenvalue weighted by Gasteiger charge is -2.56. The van der Waals surface area contributed by atoms with Crippen molar-refractivity contribution in [1.82, 2.24) is 24.1 Å². The van der Waals surface area contributed by atoms with Crippen molar-refractivity contribution in [2.75, 3.05) is 0 Å². The number of rotatable bonds is 6. The molecule has 6 aromatic carbocycles. The van der Waals surface area contributed by atoms with E-state index in [0.717, 1.165) is 87.6 Å². The van der Waals surface area contributed by atoms with Gasteiger partial charge in [0.05, 0.1) is 39.4 Å². The molecule has 0 aliphatic heterocycles. The minimum Gasteiger partial charge on any atom is -0.309 e. The third-order valence-electron chi connectivity index (χ3n) is 17.1. The Morgan fingerprint density at radius 1 is 0.523 bits per heavy atom. The lowest BCUT2D eigenvalue weighted by molar-refractivity contribution is -0.00985. The first-order valence-corrected chi connectivity index (χ1v) is 24.5. The van der Waals surface area contributed by atoms with E-state index in [1.165, 1.54) is 109 Å². The molecule has 0 N–H and O–H groups in total. The number of hydrogen-bond acceptors (Lipinski definition) is 4. The van der Waals surface area contributed by atoms with Gasteiger partial charge in [-0.3, -0.25) is 0 Å². The van der Waals surface area contributed by atoms with Gasteiger partial charge in [0.1, 0.15) is 11.6 Å². The zero-order valence-electron chi connectivity index (χ0n) is 36.9. The monoisotopic (exact) mass is 844 g/mol. The molecule has 9 aromatic rings. The topological polar surface area (TPSA) is 72.3 Å². The maximum Gasteiger partial charge on any atom is 0.165 e. The van der Waals surface area contributed by atoms with Gasteiger partial charge >= 0.3 is 0 Å². The summed E-state index contributed by atoms with van der Waals surface area (Å²) in [5, 5.41) is 14.9. The molecule has 0 saturated heterocycles. The van der Waals surface area contributed by atoms with Gasteiger partial charge < -0.3 is 9.13 Å². The largest absolute Gasteiger partial charge is 0.309 e. The van der Waals surface area contributed by atoms with Gasteiger partial charge in [-0.2, -0.15) is 5.26 Å². The van der Waals surface area contributed by atoms with Gasteiger partial charge in [-0.05, 0) is 147 Å². The summed E-state index contributed by atoms with van der Waals surface area (Å²) in [7, 11) is 0. The molecule has 6 heteroatoms. The van der Waals surface area contributed by atoms with E-state index in [-0.39, 0.29) is 10.8 Å². The Bertz CT molecular complexity index is 3390. The van der Waals surface area contributed by atoms with E-state index in [1.54, 1.807) is 0 Å². The van der Waals surface area contributed by atoms with Gasteiger partial charge in [0.25, 0.3) is 0 Å². The standard InChI is InChI=1S/C59H52N6/c60-36-38-11-8-14-42(30-38)43-21-23-51(65-49-19-6-4-17-45(49)46-22-24-52-53(54(46)65)47-18-5-7-20-50(47)64(52)44-15-2-1-3-16-44)48(31-43)55-61-56(58-25-9-12-37(32-58)13-10-26-58)63-57(62-55)59-33-39-27-40(34-59)29-41(28-39)35-59/h1-8,11,14-24,30-31,37,39-41H,9-10,12-13,25-29,32-35H2. The Balaban J connectivity index is 1.09. The van der Waals surface area contributed by atoms with Crippen LogP contribution in [-0.4, -0.2) is 24.1 Å². The van der Waals surface area contributed by atoms with Crippen LogP contribution >= 0.6 is 0 Å². The molecule has 6 bridgehead atoms. The van der Waals surface area contributed by atoms with Crippen molar-refractivity contribution in [2.45, 2.75) is 94.3 Å². The lowest BCUT2D eigenvalue weighted by atomic mass is 9.49. The molecule has 6 nitrogen and oxygen atoms in total. The number of fused-ring (bicyclic) bond motifs is 9. The van der Waals surface area contributed by atoms with Crippen molar-refractivity contribution in [2.24, 2.45) is 23.7 Å². The molecule has 0 unspecified atom stereocenters. The van der Waals surface area contributed by atoms with Crippen LogP contribution in [0.15, 0.2) is 133 Å². The molecule has 318 valence electrons. The first kappa shape index (κ1) is 37.8. The maximum atomic E-state index is 10.0. The van der Waals surface area contributed by atoms with Crippen LogP contribution in [0.1, 0.15) is 101 Å². The van der Waals surface area contributed by atoms with Crippen molar-refractivity contribution in [1.29, 1.82) is 5.26 Å². The molecule has 3 heterocycles. The number of nitriles is 1. The second-order valence-corrected chi connectivity index (χ2v) is 21.0. The summed E-state index contributed by atoms with van der Waals surface area (Å²) in [6, 6.07) is 50.6. The number of hydrogen-bond donors (Lipinski definition) is 0. The Morgan fingerprint density at radius 3 is 1.91 bits per heavy atom. The first-order chi connectivity index (χ1) is 32.0. The molecule has 0 radical (unpaired) electrons. The molecular weight excluding hydrogens is 793 g/mol. The van der Waals surface area contributed by atoms with Crippen LogP contribution in [-0.2, 0) is 10.8 Å². The summed E-state index contributed by atoms with van der Waals surface area (Å²) in [6.45, 7) is 0. The molecule has 0 amide bonds. The van der Waals surface area contributed by atoms with Crippen LogP contribution in [0.3, 0.4) is 0 Å². The molecule has 6 aliphatic carbocycles. The fraction of sp³-hybridized carbons (Fsp3) is 0.322. The minimum absolute atomic E-state index is 0.00687. The van der Waals surface area contributed by atoms with Gasteiger partial charge in [-0.25, -0.2) is 15.0 Å². The number of para-hydroxylation sites is 3. The van der Waals surface area contributed by atoms with Crippen LogP contribution in [0, 0.1) is 35.0 Å². The van der Waals surface area contributed by atoms with E-state index in [4.69, 9.17) is 15.0 Å². The van der Waals surface area contributed by atoms with Crippen LogP contribution < -0.4 is 0 Å². The highest BCUT2D eigenvalue weighted by atomic mass is 15.1. The normalized spacial score (nSPS) is 25.8. The second kappa shape index (κ2) is 14.2. The average molecular weight is 845 g/mol. The molecule has 3 aromatic heterocycles. The van der Waals surface area contributed by atoms with Gasteiger partial charge in [-0.1, -0.05) is 105 Å². The quantitative estimate of drug-likeness (QED) is 0.167. The van der Waals surface area contributed by atoms with Crippen molar-refractivity contribution in [3.05, 3.63) is 151 Å². The van der Waals surface area contributed by atoms with E-state index in [9.17, 15) is 5.26 Å². The van der Waals surface area contributed by atoms with Gasteiger partial charge in [0.15, 0.2) is 5.82 Å². The van der Waals surface area contributed by atoms with E-state index in [2.05, 4.69) is 130 Å². The third-order valence-corrected chi connectivity index (χ3v) is 17.1. The smallest absolute Gasteiger partial charge is 0.165 e. The van der Waals surface area contributed by atoms with E-state index in [0.29, 0.717) is 5.56 Å². The molecule has 65 heavy (non-hydrogen) atoms. The molecule has 6 saturated carbocycles. The molecule has 6 aliphatic rings. The number of benzene rings is 6. The van der Waals surface area contributed by atoms with Crippen molar-refractivity contribution >= 4 is 43.6 Å². The summed E-state index contributed by atoms with van der Waals surface area (Å²) in [4.78, 5) is 17.5. The summed E-state index contributed by atoms with van der Waals surface area (Å²) in [5.74, 6) is 6.04. The van der Waals surface area contributed by atoms with Gasteiger partial charge in [0.2, 0.25) is 0 Å². The predicted molar refractivity (Wildman–Crippen MR) is 261 cm³/mol. The van der Waals surface area contributed by atoms with Crippen LogP contribution in [0.4, 0.5) is 0 Å². The fourth-order valence-corrected chi connectivity index (χ4v) is 14.8. The minimum atomic E-state index is -0.00687. The average Bonchev–Trinajstić information content (AvgIpc) is 3.86. The van der Waals surface area contributed by atoms with Crippen LogP contribution in [0.5, 0.6) is 0 Å². The first-order valence-electron chi connectivity index (χ1n) is 24.5. The van der Waals surface area contributed by atoms with Crippen LogP contribution in [0.2, 0.25) is 0 Å². The Hall–Kier alpha value is -6.58. The maximum absolute atomic E-state index is 10.0. The third kappa shape index (κ3) is 5.73. The van der Waals surface area contributed by atoms with Crippen molar-refractivity contribution < 1.29 is 0 Å². The summed E-state index contributed by atoms with van der Waals surface area (Å²) < 4.78 is 4.96. The van der Waals surface area contributed by atoms with Gasteiger partial charge in [0, 0.05) is 43.6 Å². The number of aromatic nitrogens is 5. The van der Waals surface area contributed by atoms with Crippen molar-refractivity contribution in [3.8, 4) is 40.0 Å². The lowest BCUT2D eigenvalue weighted by Crippen LogP contribution is -2.50. The molecule has 0 spiro atoms. The zero-order valence-corrected chi connectivity index (χ0v) is 36.9. The predicted octanol–water partition coefficient (Wildman–Crippen LogP) is 14.4. The molecule has 6 fully saturated rings. The van der Waals surface area contributed by atoms with E-state index in [1.807, 2.05) is 18.2 Å². The highest BCUT2D eigenvalue weighted by molar-refractivity contribution is 6.26. The fourth-order valence-electron chi connectivity index (χ4n) is 14.8. The molecule has 15 rings (SSSR count). The van der Waals surface area contributed by atoms with Crippen LogP contribution in [0.25, 0.3) is 77.5 Å². The Labute approximate surface area is 380 Å².